The fourth-order valence-electron chi connectivity index (χ4n) is 2.98. The van der Waals surface area contributed by atoms with Gasteiger partial charge in [-0.15, -0.1) is 11.3 Å². The van der Waals surface area contributed by atoms with E-state index in [4.69, 9.17) is 16.3 Å². The first-order valence-electron chi connectivity index (χ1n) is 10.5. The van der Waals surface area contributed by atoms with Crippen LogP contribution in [0.1, 0.15) is 44.3 Å². The quantitative estimate of drug-likeness (QED) is 0.398. The molecule has 178 valence electrons. The lowest BCUT2D eigenvalue weighted by molar-refractivity contribution is 0.151. The summed E-state index contributed by atoms with van der Waals surface area (Å²) in [6.07, 6.45) is 7.62. The zero-order valence-corrected chi connectivity index (χ0v) is 21.0. The number of halogens is 1. The van der Waals surface area contributed by atoms with Crippen molar-refractivity contribution < 1.29 is 17.9 Å². The first-order chi connectivity index (χ1) is 15.7. The number of amides is 1. The van der Waals surface area contributed by atoms with Crippen LogP contribution in [-0.4, -0.2) is 40.6 Å². The third-order valence-corrected chi connectivity index (χ3v) is 7.86. The van der Waals surface area contributed by atoms with Crippen molar-refractivity contribution in [3.05, 3.63) is 46.8 Å². The molecule has 0 bridgehead atoms. The lowest BCUT2D eigenvalue weighted by Crippen LogP contribution is -2.31. The Bertz CT molecular complexity index is 1190. The number of rotatable bonds is 10. The standard InChI is InChI=1S/C21H26ClN5O4S2/c1-4-5-8-31-21(28)26-33(29,30)19-17(10-16(32-19)9-14(2)3)15-11-24-18(25-12-15)13-27-7-6-23-20(27)22/h6-7,10-12,14H,4-5,8-9,13H2,1-3H3,(H,26,28). The molecule has 0 saturated carbocycles. The fourth-order valence-corrected chi connectivity index (χ4v) is 5.99. The Morgan fingerprint density at radius 3 is 2.61 bits per heavy atom. The summed E-state index contributed by atoms with van der Waals surface area (Å²) in [5.41, 5.74) is 0.971. The summed E-state index contributed by atoms with van der Waals surface area (Å²) in [5.74, 6) is 0.830. The summed E-state index contributed by atoms with van der Waals surface area (Å²) in [6.45, 7) is 6.54. The number of hydrogen-bond donors (Lipinski definition) is 1. The number of unbranched alkanes of at least 4 members (excludes halogenated alkanes) is 1. The summed E-state index contributed by atoms with van der Waals surface area (Å²) < 4.78 is 34.7. The Labute approximate surface area is 202 Å². The molecule has 3 aromatic heterocycles. The molecule has 33 heavy (non-hydrogen) atoms. The largest absolute Gasteiger partial charge is 0.449 e. The van der Waals surface area contributed by atoms with E-state index in [0.717, 1.165) is 22.6 Å². The Morgan fingerprint density at radius 1 is 1.27 bits per heavy atom. The van der Waals surface area contributed by atoms with Crippen molar-refractivity contribution in [2.24, 2.45) is 5.92 Å². The second kappa shape index (κ2) is 11.1. The lowest BCUT2D eigenvalue weighted by atomic mass is 10.1. The van der Waals surface area contributed by atoms with Gasteiger partial charge < -0.3 is 9.30 Å². The molecule has 3 rings (SSSR count). The van der Waals surface area contributed by atoms with Gasteiger partial charge in [-0.1, -0.05) is 27.2 Å². The number of sulfonamides is 1. The van der Waals surface area contributed by atoms with Crippen molar-refractivity contribution in [2.45, 2.75) is 50.8 Å². The Hall–Kier alpha value is -2.50. The van der Waals surface area contributed by atoms with Crippen molar-refractivity contribution in [1.82, 2.24) is 24.2 Å². The molecule has 0 aliphatic rings. The zero-order chi connectivity index (χ0) is 24.0. The monoisotopic (exact) mass is 511 g/mol. The minimum Gasteiger partial charge on any atom is -0.449 e. The van der Waals surface area contributed by atoms with Crippen molar-refractivity contribution in [3.63, 3.8) is 0 Å². The maximum Gasteiger partial charge on any atom is 0.421 e. The predicted molar refractivity (Wildman–Crippen MR) is 127 cm³/mol. The van der Waals surface area contributed by atoms with E-state index in [2.05, 4.69) is 28.8 Å². The number of ether oxygens (including phenoxy) is 1. The number of thiophene rings is 1. The minimum atomic E-state index is -4.14. The molecule has 9 nitrogen and oxygen atoms in total. The van der Waals surface area contributed by atoms with Gasteiger partial charge in [-0.3, -0.25) is 0 Å². The molecule has 1 amide bonds. The number of imidazole rings is 1. The van der Waals surface area contributed by atoms with Gasteiger partial charge in [0.2, 0.25) is 5.28 Å². The molecule has 0 spiro atoms. The molecule has 0 radical (unpaired) electrons. The van der Waals surface area contributed by atoms with Gasteiger partial charge >= 0.3 is 6.09 Å². The van der Waals surface area contributed by atoms with Crippen LogP contribution in [0.4, 0.5) is 4.79 Å². The lowest BCUT2D eigenvalue weighted by Gasteiger charge is -2.09. The van der Waals surface area contributed by atoms with Crippen LogP contribution in [0.2, 0.25) is 5.28 Å². The van der Waals surface area contributed by atoms with Gasteiger partial charge in [-0.2, -0.15) is 0 Å². The topological polar surface area (TPSA) is 116 Å². The molecule has 0 saturated heterocycles. The number of hydrogen-bond acceptors (Lipinski definition) is 8. The van der Waals surface area contributed by atoms with Crippen LogP contribution in [0.3, 0.4) is 0 Å². The molecule has 1 N–H and O–H groups in total. The average Bonchev–Trinajstić information content (AvgIpc) is 3.35. The van der Waals surface area contributed by atoms with E-state index in [1.54, 1.807) is 29.4 Å². The van der Waals surface area contributed by atoms with E-state index < -0.39 is 16.1 Å². The van der Waals surface area contributed by atoms with Gasteiger partial charge in [0.1, 0.15) is 10.0 Å². The zero-order valence-electron chi connectivity index (χ0n) is 18.6. The summed E-state index contributed by atoms with van der Waals surface area (Å²) in [6, 6.07) is 1.81. The van der Waals surface area contributed by atoms with Crippen LogP contribution in [0.15, 0.2) is 35.1 Å². The van der Waals surface area contributed by atoms with Crippen molar-refractivity contribution in [2.75, 3.05) is 6.61 Å². The molecule has 0 unspecified atom stereocenters. The third kappa shape index (κ3) is 6.75. The minimum absolute atomic E-state index is 0.0274. The number of aromatic nitrogens is 4. The number of nitrogens with one attached hydrogen (secondary N) is 1. The van der Waals surface area contributed by atoms with E-state index in [1.165, 1.54) is 0 Å². The van der Waals surface area contributed by atoms with Gasteiger partial charge in [0.15, 0.2) is 0 Å². The SMILES string of the molecule is CCCCOC(=O)NS(=O)(=O)c1sc(CC(C)C)cc1-c1cnc(Cn2ccnc2Cl)nc1. The van der Waals surface area contributed by atoms with Crippen LogP contribution < -0.4 is 4.72 Å². The van der Waals surface area contributed by atoms with Crippen LogP contribution in [0.5, 0.6) is 0 Å². The summed E-state index contributed by atoms with van der Waals surface area (Å²) >= 11 is 7.13. The maximum atomic E-state index is 13.0. The van der Waals surface area contributed by atoms with E-state index in [9.17, 15) is 13.2 Å². The first-order valence-corrected chi connectivity index (χ1v) is 13.2. The number of nitrogens with zero attached hydrogens (tertiary/aromatic N) is 4. The highest BCUT2D eigenvalue weighted by molar-refractivity contribution is 7.92. The molecular weight excluding hydrogens is 486 g/mol. The smallest absolute Gasteiger partial charge is 0.421 e. The van der Waals surface area contributed by atoms with E-state index in [1.807, 2.05) is 17.7 Å². The normalized spacial score (nSPS) is 11.7. The number of carbonyl (C=O) groups is 1. The summed E-state index contributed by atoms with van der Waals surface area (Å²) in [7, 11) is -4.14. The molecule has 0 fully saturated rings. The van der Waals surface area contributed by atoms with E-state index in [0.29, 0.717) is 47.5 Å². The predicted octanol–water partition coefficient (Wildman–Crippen LogP) is 4.52. The fraction of sp³-hybridized carbons (Fsp3) is 0.429. The molecule has 3 aromatic rings. The van der Waals surface area contributed by atoms with Crippen LogP contribution in [0, 0.1) is 5.92 Å². The van der Waals surface area contributed by atoms with Gasteiger partial charge in [-0.05, 0) is 36.4 Å². The molecular formula is C21H26ClN5O4S2. The highest BCUT2D eigenvalue weighted by Crippen LogP contribution is 2.36. The second-order valence-electron chi connectivity index (χ2n) is 7.82. The van der Waals surface area contributed by atoms with Gasteiger partial charge in [-0.25, -0.2) is 32.9 Å². The summed E-state index contributed by atoms with van der Waals surface area (Å²) in [4.78, 5) is 25.6. The van der Waals surface area contributed by atoms with E-state index in [-0.39, 0.29) is 10.8 Å². The average molecular weight is 512 g/mol. The van der Waals surface area contributed by atoms with Crippen molar-refractivity contribution in [1.29, 1.82) is 0 Å². The molecule has 3 heterocycles. The van der Waals surface area contributed by atoms with Gasteiger partial charge in [0, 0.05) is 40.8 Å². The van der Waals surface area contributed by atoms with Crippen molar-refractivity contribution >= 4 is 39.1 Å². The highest BCUT2D eigenvalue weighted by Gasteiger charge is 2.26. The molecule has 0 atom stereocenters. The highest BCUT2D eigenvalue weighted by atomic mass is 35.5. The maximum absolute atomic E-state index is 13.0. The molecule has 0 aliphatic carbocycles. The first kappa shape index (κ1) is 25.1. The Balaban J connectivity index is 1.88. The molecule has 12 heteroatoms. The van der Waals surface area contributed by atoms with Crippen LogP contribution >= 0.6 is 22.9 Å². The van der Waals surface area contributed by atoms with Gasteiger partial charge in [0.05, 0.1) is 13.2 Å². The third-order valence-electron chi connectivity index (χ3n) is 4.54. The van der Waals surface area contributed by atoms with Gasteiger partial charge in [0.25, 0.3) is 10.0 Å². The van der Waals surface area contributed by atoms with Crippen LogP contribution in [0.25, 0.3) is 11.1 Å². The summed E-state index contributed by atoms with van der Waals surface area (Å²) in [5, 5.41) is 0.323. The Morgan fingerprint density at radius 2 is 2.00 bits per heavy atom. The molecule has 0 aromatic carbocycles. The Kier molecular flexibility index (Phi) is 8.44. The van der Waals surface area contributed by atoms with Crippen molar-refractivity contribution in [3.8, 4) is 11.1 Å². The van der Waals surface area contributed by atoms with E-state index >= 15 is 0 Å². The molecule has 0 aliphatic heterocycles. The van der Waals surface area contributed by atoms with Crippen LogP contribution in [-0.2, 0) is 27.7 Å². The second-order valence-corrected chi connectivity index (χ2v) is 11.2. The number of carbonyl (C=O) groups excluding carboxylic acids is 1.